The van der Waals surface area contributed by atoms with Gasteiger partial charge in [-0.05, 0) is 6.42 Å². The first-order valence-corrected chi connectivity index (χ1v) is 3.91. The molecule has 4 N–H and O–H groups in total. The summed E-state index contributed by atoms with van der Waals surface area (Å²) in [4.78, 5) is 23.1. The molecule has 1 fully saturated rings. The second kappa shape index (κ2) is 5.04. The minimum absolute atomic E-state index is 0. The highest BCUT2D eigenvalue weighted by molar-refractivity contribution is 5.96. The van der Waals surface area contributed by atoms with Crippen molar-refractivity contribution in [1.82, 2.24) is 4.90 Å². The lowest BCUT2D eigenvalue weighted by atomic mass is 10.3. The molecule has 1 aliphatic heterocycles. The molecule has 0 saturated carbocycles. The maximum absolute atomic E-state index is 11.2. The van der Waals surface area contributed by atoms with Crippen LogP contribution in [-0.4, -0.2) is 35.8 Å². The van der Waals surface area contributed by atoms with Gasteiger partial charge in [-0.25, -0.2) is 0 Å². The van der Waals surface area contributed by atoms with Crippen molar-refractivity contribution in [1.29, 1.82) is 0 Å². The molecule has 1 saturated heterocycles. The number of amides is 2. The molecule has 0 bridgehead atoms. The molecule has 1 atom stereocenters. The van der Waals surface area contributed by atoms with Crippen molar-refractivity contribution in [3.8, 4) is 0 Å². The van der Waals surface area contributed by atoms with Crippen LogP contribution in [-0.2, 0) is 9.59 Å². The second-order valence-corrected chi connectivity index (χ2v) is 3.03. The average molecular weight is 208 g/mol. The molecule has 0 aromatic rings. The monoisotopic (exact) mass is 207 g/mol. The molecular weight excluding hydrogens is 194 g/mol. The van der Waals surface area contributed by atoms with Gasteiger partial charge in [0, 0.05) is 19.1 Å². The summed E-state index contributed by atoms with van der Waals surface area (Å²) < 4.78 is 0. The fourth-order valence-corrected chi connectivity index (χ4v) is 1.27. The third-order valence-corrected chi connectivity index (χ3v) is 1.90. The molecular formula is C7H14ClN3O2. The van der Waals surface area contributed by atoms with E-state index in [0.29, 0.717) is 13.1 Å². The zero-order valence-corrected chi connectivity index (χ0v) is 8.05. The number of nitrogens with zero attached hydrogens (tertiary/aromatic N) is 1. The summed E-state index contributed by atoms with van der Waals surface area (Å²) in [6, 6.07) is 0.0572. The summed E-state index contributed by atoms with van der Waals surface area (Å²) in [6.45, 7) is 1.19. The van der Waals surface area contributed by atoms with E-state index in [0.717, 1.165) is 6.42 Å². The van der Waals surface area contributed by atoms with Crippen molar-refractivity contribution in [3.05, 3.63) is 0 Å². The number of carbonyl (C=O) groups excluding carboxylic acids is 2. The van der Waals surface area contributed by atoms with Gasteiger partial charge in [0.2, 0.25) is 11.8 Å². The highest BCUT2D eigenvalue weighted by Gasteiger charge is 2.23. The highest BCUT2D eigenvalue weighted by Crippen LogP contribution is 2.07. The van der Waals surface area contributed by atoms with Crippen molar-refractivity contribution < 1.29 is 9.59 Å². The van der Waals surface area contributed by atoms with Crippen LogP contribution in [0.5, 0.6) is 0 Å². The number of hydrogen-bond donors (Lipinski definition) is 2. The standard InChI is InChI=1S/C7H13N3O2.ClH/c8-5-1-2-10(4-5)7(12)3-6(9)11;/h5H,1-4,8H2,(H2,9,11);1H/t5-;/m1./s1. The Labute approximate surface area is 82.8 Å². The molecule has 1 heterocycles. The summed E-state index contributed by atoms with van der Waals surface area (Å²) in [7, 11) is 0. The first-order chi connectivity index (χ1) is 5.59. The van der Waals surface area contributed by atoms with Gasteiger partial charge >= 0.3 is 0 Å². The quantitative estimate of drug-likeness (QED) is 0.560. The Morgan fingerprint density at radius 2 is 2.08 bits per heavy atom. The molecule has 0 spiro atoms. The molecule has 1 rings (SSSR count). The topological polar surface area (TPSA) is 89.4 Å². The molecule has 5 nitrogen and oxygen atoms in total. The minimum Gasteiger partial charge on any atom is -0.369 e. The summed E-state index contributed by atoms with van der Waals surface area (Å²) in [5.74, 6) is -0.795. The zero-order chi connectivity index (χ0) is 9.14. The predicted octanol–water partition coefficient (Wildman–Crippen LogP) is -1.16. The van der Waals surface area contributed by atoms with Gasteiger partial charge in [-0.1, -0.05) is 0 Å². The summed E-state index contributed by atoms with van der Waals surface area (Å²) >= 11 is 0. The fourth-order valence-electron chi connectivity index (χ4n) is 1.27. The lowest BCUT2D eigenvalue weighted by molar-refractivity contribution is -0.134. The SMILES string of the molecule is Cl.NC(=O)CC(=O)N1CC[C@@H](N)C1. The lowest BCUT2D eigenvalue weighted by Crippen LogP contribution is -2.34. The van der Waals surface area contributed by atoms with Gasteiger partial charge in [-0.2, -0.15) is 0 Å². The highest BCUT2D eigenvalue weighted by atomic mass is 35.5. The lowest BCUT2D eigenvalue weighted by Gasteiger charge is -2.13. The van der Waals surface area contributed by atoms with E-state index in [1.54, 1.807) is 4.90 Å². The van der Waals surface area contributed by atoms with Crippen molar-refractivity contribution >= 4 is 24.2 Å². The van der Waals surface area contributed by atoms with E-state index in [1.165, 1.54) is 0 Å². The number of primary amides is 1. The van der Waals surface area contributed by atoms with E-state index in [4.69, 9.17) is 11.5 Å². The average Bonchev–Trinajstić information content (AvgIpc) is 2.34. The zero-order valence-electron chi connectivity index (χ0n) is 7.23. The van der Waals surface area contributed by atoms with Crippen LogP contribution in [0.3, 0.4) is 0 Å². The third-order valence-electron chi connectivity index (χ3n) is 1.90. The first kappa shape index (κ1) is 12.2. The van der Waals surface area contributed by atoms with Gasteiger partial charge in [0.1, 0.15) is 6.42 Å². The summed E-state index contributed by atoms with van der Waals surface area (Å²) in [5, 5.41) is 0. The van der Waals surface area contributed by atoms with Crippen molar-refractivity contribution in [2.24, 2.45) is 11.5 Å². The van der Waals surface area contributed by atoms with Crippen LogP contribution in [0.15, 0.2) is 0 Å². The number of halogens is 1. The Kier molecular flexibility index (Phi) is 4.72. The van der Waals surface area contributed by atoms with E-state index in [2.05, 4.69) is 0 Å². The van der Waals surface area contributed by atoms with Crippen LogP contribution in [0.1, 0.15) is 12.8 Å². The van der Waals surface area contributed by atoms with E-state index in [1.807, 2.05) is 0 Å². The van der Waals surface area contributed by atoms with Crippen LogP contribution in [0.25, 0.3) is 0 Å². The van der Waals surface area contributed by atoms with Crippen molar-refractivity contribution in [2.45, 2.75) is 18.9 Å². The summed E-state index contributed by atoms with van der Waals surface area (Å²) in [5.41, 5.74) is 10.5. The van der Waals surface area contributed by atoms with Crippen LogP contribution in [0.4, 0.5) is 0 Å². The number of rotatable bonds is 2. The van der Waals surface area contributed by atoms with Gasteiger partial charge in [0.25, 0.3) is 0 Å². The summed E-state index contributed by atoms with van der Waals surface area (Å²) in [6.07, 6.45) is 0.608. The maximum Gasteiger partial charge on any atom is 0.232 e. The van der Waals surface area contributed by atoms with E-state index in [9.17, 15) is 9.59 Å². The molecule has 0 aliphatic carbocycles. The van der Waals surface area contributed by atoms with Crippen LogP contribution in [0, 0.1) is 0 Å². The van der Waals surface area contributed by atoms with Crippen LogP contribution >= 0.6 is 12.4 Å². The van der Waals surface area contributed by atoms with Crippen LogP contribution in [0.2, 0.25) is 0 Å². The van der Waals surface area contributed by atoms with Crippen LogP contribution < -0.4 is 11.5 Å². The third kappa shape index (κ3) is 3.61. The van der Waals surface area contributed by atoms with E-state index < -0.39 is 5.91 Å². The molecule has 1 aliphatic rings. The van der Waals surface area contributed by atoms with Gasteiger partial charge < -0.3 is 16.4 Å². The largest absolute Gasteiger partial charge is 0.369 e. The Hall–Kier alpha value is -0.810. The molecule has 2 amide bonds. The van der Waals surface area contributed by atoms with Crippen molar-refractivity contribution in [2.75, 3.05) is 13.1 Å². The normalized spacial score (nSPS) is 21.0. The molecule has 0 aromatic heterocycles. The van der Waals surface area contributed by atoms with Crippen molar-refractivity contribution in [3.63, 3.8) is 0 Å². The molecule has 13 heavy (non-hydrogen) atoms. The molecule has 0 unspecified atom stereocenters. The van der Waals surface area contributed by atoms with Gasteiger partial charge in [-0.3, -0.25) is 9.59 Å². The Morgan fingerprint density at radius 1 is 1.46 bits per heavy atom. The number of carbonyl (C=O) groups is 2. The molecule has 0 radical (unpaired) electrons. The Morgan fingerprint density at radius 3 is 2.46 bits per heavy atom. The van der Waals surface area contributed by atoms with E-state index in [-0.39, 0.29) is 30.8 Å². The maximum atomic E-state index is 11.2. The molecule has 76 valence electrons. The smallest absolute Gasteiger partial charge is 0.232 e. The van der Waals surface area contributed by atoms with Gasteiger partial charge in [0.05, 0.1) is 0 Å². The second-order valence-electron chi connectivity index (χ2n) is 3.03. The number of likely N-dealkylation sites (tertiary alicyclic amines) is 1. The molecule has 0 aromatic carbocycles. The predicted molar refractivity (Wildman–Crippen MR) is 50.2 cm³/mol. The Balaban J connectivity index is 0.00000144. The number of nitrogens with two attached hydrogens (primary N) is 2. The van der Waals surface area contributed by atoms with Gasteiger partial charge in [0.15, 0.2) is 0 Å². The minimum atomic E-state index is -0.583. The fraction of sp³-hybridized carbons (Fsp3) is 0.714. The first-order valence-electron chi connectivity index (χ1n) is 3.91. The Bertz CT molecular complexity index is 210. The number of hydrogen-bond acceptors (Lipinski definition) is 3. The van der Waals surface area contributed by atoms with Gasteiger partial charge in [-0.15, -0.1) is 12.4 Å². The molecule has 6 heteroatoms. The van der Waals surface area contributed by atoms with E-state index >= 15 is 0 Å².